The maximum Gasteiger partial charge on any atom is 0.267 e. The van der Waals surface area contributed by atoms with Gasteiger partial charge in [-0.2, -0.15) is 0 Å². The van der Waals surface area contributed by atoms with Gasteiger partial charge in [-0.1, -0.05) is 11.6 Å². The summed E-state index contributed by atoms with van der Waals surface area (Å²) in [7, 11) is 3.98. The second kappa shape index (κ2) is 8.55. The Morgan fingerprint density at radius 1 is 1.03 bits per heavy atom. The molecule has 6 nitrogen and oxygen atoms in total. The normalized spacial score (nSPS) is 11.4. The second-order valence-electron chi connectivity index (χ2n) is 8.16. The van der Waals surface area contributed by atoms with Crippen LogP contribution in [0.4, 0.5) is 11.4 Å². The van der Waals surface area contributed by atoms with Crippen LogP contribution in [0.25, 0.3) is 22.6 Å². The third kappa shape index (κ3) is 4.70. The van der Waals surface area contributed by atoms with Crippen LogP contribution in [0.15, 0.2) is 71.1 Å². The molecule has 7 heteroatoms. The minimum atomic E-state index is -1.09. The molecule has 0 aliphatic carbocycles. The molecule has 0 aliphatic heterocycles. The number of amides is 1. The fraction of sp³-hybridized carbons (Fsp3) is 0.200. The Labute approximate surface area is 191 Å². The Hall–Kier alpha value is -3.51. The summed E-state index contributed by atoms with van der Waals surface area (Å²) in [5, 5.41) is 3.50. The van der Waals surface area contributed by atoms with Crippen molar-refractivity contribution in [3.63, 3.8) is 0 Å². The van der Waals surface area contributed by atoms with Crippen molar-refractivity contribution in [1.29, 1.82) is 0 Å². The number of nitrogens with zero attached hydrogens (tertiary/aromatic N) is 2. The fourth-order valence-electron chi connectivity index (χ4n) is 3.16. The molecule has 0 radical (unpaired) electrons. The van der Waals surface area contributed by atoms with Gasteiger partial charge in [0, 0.05) is 36.1 Å². The maximum absolute atomic E-state index is 12.8. The molecule has 0 unspecified atom stereocenters. The Kier molecular flexibility index (Phi) is 5.80. The number of aromatic nitrogens is 1. The fourth-order valence-corrected chi connectivity index (χ4v) is 3.28. The number of benzene rings is 3. The topological polar surface area (TPSA) is 67.6 Å². The first-order valence-corrected chi connectivity index (χ1v) is 10.5. The maximum atomic E-state index is 12.8. The predicted octanol–water partition coefficient (Wildman–Crippen LogP) is 6.01. The molecule has 1 N–H and O–H groups in total. The van der Waals surface area contributed by atoms with Gasteiger partial charge in [0.1, 0.15) is 11.3 Å². The Balaban J connectivity index is 1.50. The van der Waals surface area contributed by atoms with Gasteiger partial charge < -0.3 is 19.4 Å². The van der Waals surface area contributed by atoms with Crippen molar-refractivity contribution in [3.8, 4) is 17.2 Å². The highest BCUT2D eigenvalue weighted by molar-refractivity contribution is 6.30. The SMILES string of the molecule is CN(C)c1ccc(-c2nc3cc(NC(=O)C(C)(C)Oc4ccc(Cl)cc4)ccc3o2)cc1. The molecule has 32 heavy (non-hydrogen) atoms. The molecule has 0 saturated heterocycles. The first-order chi connectivity index (χ1) is 15.2. The number of hydrogen-bond acceptors (Lipinski definition) is 5. The number of nitrogens with one attached hydrogen (secondary N) is 1. The minimum absolute atomic E-state index is 0.283. The van der Waals surface area contributed by atoms with Crippen LogP contribution < -0.4 is 15.0 Å². The van der Waals surface area contributed by atoms with Crippen LogP contribution in [-0.4, -0.2) is 30.6 Å². The molecule has 1 heterocycles. The molecule has 0 aliphatic rings. The Morgan fingerprint density at radius 3 is 2.38 bits per heavy atom. The molecule has 1 amide bonds. The molecule has 1 aromatic heterocycles. The summed E-state index contributed by atoms with van der Waals surface area (Å²) in [5.41, 5.74) is 2.80. The van der Waals surface area contributed by atoms with Crippen LogP contribution >= 0.6 is 11.6 Å². The van der Waals surface area contributed by atoms with Gasteiger partial charge >= 0.3 is 0 Å². The van der Waals surface area contributed by atoms with E-state index < -0.39 is 5.60 Å². The Bertz CT molecular complexity index is 1250. The van der Waals surface area contributed by atoms with Crippen LogP contribution in [0.3, 0.4) is 0 Å². The van der Waals surface area contributed by atoms with E-state index in [1.54, 1.807) is 56.3 Å². The van der Waals surface area contributed by atoms with Gasteiger partial charge in [-0.25, -0.2) is 4.98 Å². The summed E-state index contributed by atoms with van der Waals surface area (Å²) in [5.74, 6) is 0.807. The zero-order valence-electron chi connectivity index (χ0n) is 18.3. The first-order valence-electron chi connectivity index (χ1n) is 10.2. The van der Waals surface area contributed by atoms with E-state index in [1.807, 2.05) is 43.3 Å². The molecule has 4 aromatic rings. The molecule has 3 aromatic carbocycles. The quantitative estimate of drug-likeness (QED) is 0.390. The van der Waals surface area contributed by atoms with Crippen LogP contribution in [-0.2, 0) is 4.79 Å². The molecule has 0 fully saturated rings. The minimum Gasteiger partial charge on any atom is -0.478 e. The van der Waals surface area contributed by atoms with Gasteiger partial charge in [0.05, 0.1) is 0 Å². The summed E-state index contributed by atoms with van der Waals surface area (Å²) < 4.78 is 11.8. The number of oxazole rings is 1. The average molecular weight is 450 g/mol. The number of carbonyl (C=O) groups is 1. The smallest absolute Gasteiger partial charge is 0.267 e. The molecule has 0 spiro atoms. The van der Waals surface area contributed by atoms with E-state index in [9.17, 15) is 4.79 Å². The van der Waals surface area contributed by atoms with Crippen molar-refractivity contribution in [1.82, 2.24) is 4.98 Å². The van der Waals surface area contributed by atoms with Crippen molar-refractivity contribution in [3.05, 3.63) is 71.8 Å². The summed E-state index contributed by atoms with van der Waals surface area (Å²) in [6.45, 7) is 3.42. The van der Waals surface area contributed by atoms with E-state index in [2.05, 4.69) is 10.3 Å². The van der Waals surface area contributed by atoms with E-state index in [0.717, 1.165) is 11.3 Å². The molecule has 164 valence electrons. The van der Waals surface area contributed by atoms with Crippen LogP contribution in [0.1, 0.15) is 13.8 Å². The standard InChI is InChI=1S/C25H24ClN3O3/c1-25(2,32-20-12-7-17(26)8-13-20)24(30)27-18-9-14-22-21(15-18)28-23(31-22)16-5-10-19(11-6-16)29(3)4/h5-15H,1-4H3,(H,27,30). The Morgan fingerprint density at radius 2 is 1.72 bits per heavy atom. The van der Waals surface area contributed by atoms with E-state index in [1.165, 1.54) is 0 Å². The van der Waals surface area contributed by atoms with Crippen LogP contribution in [0.2, 0.25) is 5.02 Å². The van der Waals surface area contributed by atoms with Crippen LogP contribution in [0, 0.1) is 0 Å². The van der Waals surface area contributed by atoms with Gasteiger partial charge in [0.2, 0.25) is 5.89 Å². The van der Waals surface area contributed by atoms with Gasteiger partial charge in [0.15, 0.2) is 11.2 Å². The van der Waals surface area contributed by atoms with E-state index in [0.29, 0.717) is 33.4 Å². The largest absolute Gasteiger partial charge is 0.478 e. The van der Waals surface area contributed by atoms with Crippen molar-refractivity contribution < 1.29 is 13.9 Å². The lowest BCUT2D eigenvalue weighted by Gasteiger charge is -2.25. The highest BCUT2D eigenvalue weighted by Crippen LogP contribution is 2.28. The van der Waals surface area contributed by atoms with Gasteiger partial charge in [0.25, 0.3) is 5.91 Å². The second-order valence-corrected chi connectivity index (χ2v) is 8.60. The lowest BCUT2D eigenvalue weighted by atomic mass is 10.1. The third-order valence-corrected chi connectivity index (χ3v) is 5.26. The number of anilines is 2. The molecular weight excluding hydrogens is 426 g/mol. The number of halogens is 1. The lowest BCUT2D eigenvalue weighted by Crippen LogP contribution is -2.42. The van der Waals surface area contributed by atoms with E-state index in [4.69, 9.17) is 20.8 Å². The summed E-state index contributed by atoms with van der Waals surface area (Å²) in [6.07, 6.45) is 0. The molecule has 4 rings (SSSR count). The summed E-state index contributed by atoms with van der Waals surface area (Å²) >= 11 is 5.91. The van der Waals surface area contributed by atoms with Gasteiger partial charge in [-0.3, -0.25) is 4.79 Å². The zero-order valence-corrected chi connectivity index (χ0v) is 19.1. The van der Waals surface area contributed by atoms with Crippen LogP contribution in [0.5, 0.6) is 5.75 Å². The third-order valence-electron chi connectivity index (χ3n) is 5.01. The summed E-state index contributed by atoms with van der Waals surface area (Å²) in [4.78, 5) is 19.5. The van der Waals surface area contributed by atoms with E-state index >= 15 is 0 Å². The average Bonchev–Trinajstić information content (AvgIpc) is 3.18. The van der Waals surface area contributed by atoms with Crippen molar-refractivity contribution >= 4 is 40.0 Å². The van der Waals surface area contributed by atoms with Crippen molar-refractivity contribution in [2.75, 3.05) is 24.3 Å². The number of hydrogen-bond donors (Lipinski definition) is 1. The van der Waals surface area contributed by atoms with Crippen molar-refractivity contribution in [2.24, 2.45) is 0 Å². The first kappa shape index (κ1) is 21.7. The highest BCUT2D eigenvalue weighted by Gasteiger charge is 2.30. The number of carbonyl (C=O) groups excluding carboxylic acids is 1. The number of ether oxygens (including phenoxy) is 1. The molecule has 0 saturated carbocycles. The number of fused-ring (bicyclic) bond motifs is 1. The highest BCUT2D eigenvalue weighted by atomic mass is 35.5. The van der Waals surface area contributed by atoms with Gasteiger partial charge in [-0.15, -0.1) is 0 Å². The monoisotopic (exact) mass is 449 g/mol. The predicted molar refractivity (Wildman–Crippen MR) is 129 cm³/mol. The van der Waals surface area contributed by atoms with E-state index in [-0.39, 0.29) is 5.91 Å². The molecule has 0 atom stereocenters. The number of rotatable bonds is 6. The van der Waals surface area contributed by atoms with Crippen molar-refractivity contribution in [2.45, 2.75) is 19.4 Å². The molecular formula is C25H24ClN3O3. The lowest BCUT2D eigenvalue weighted by molar-refractivity contribution is -0.128. The summed E-state index contributed by atoms with van der Waals surface area (Å²) in [6, 6.07) is 20.2. The molecule has 0 bridgehead atoms. The van der Waals surface area contributed by atoms with Gasteiger partial charge in [-0.05, 0) is 80.6 Å². The zero-order chi connectivity index (χ0) is 22.9.